The molecule has 0 aromatic heterocycles. The van der Waals surface area contributed by atoms with Gasteiger partial charge in [0.2, 0.25) is 0 Å². The maximum atomic E-state index is 2.82. The molecule has 0 bridgehead atoms. The van der Waals surface area contributed by atoms with Gasteiger partial charge in [-0.2, -0.15) is 0 Å². The zero-order valence-corrected chi connectivity index (χ0v) is 9.83. The van der Waals surface area contributed by atoms with Crippen molar-refractivity contribution in [2.45, 2.75) is 57.0 Å². The SMILES string of the molecule is C1CCC(N2CCCN3CCCC3C2)C1. The van der Waals surface area contributed by atoms with Crippen LogP contribution in [0.25, 0.3) is 0 Å². The van der Waals surface area contributed by atoms with Crippen LogP contribution in [0.5, 0.6) is 0 Å². The van der Waals surface area contributed by atoms with Crippen molar-refractivity contribution in [3.63, 3.8) is 0 Å². The van der Waals surface area contributed by atoms with Gasteiger partial charge in [-0.05, 0) is 51.7 Å². The second-order valence-corrected chi connectivity index (χ2v) is 5.62. The molecule has 1 unspecified atom stereocenters. The fourth-order valence-electron chi connectivity index (χ4n) is 3.84. The number of nitrogens with zero attached hydrogens (tertiary/aromatic N) is 2. The van der Waals surface area contributed by atoms with Gasteiger partial charge in [0, 0.05) is 18.6 Å². The van der Waals surface area contributed by atoms with Gasteiger partial charge in [-0.25, -0.2) is 0 Å². The summed E-state index contributed by atoms with van der Waals surface area (Å²) in [5.74, 6) is 0. The standard InChI is InChI=1S/C13H24N2/c1-2-6-12(5-1)15-10-4-9-14-8-3-7-13(14)11-15/h12-13H,1-11H2. The molecule has 2 aliphatic heterocycles. The van der Waals surface area contributed by atoms with E-state index in [1.54, 1.807) is 0 Å². The largest absolute Gasteiger partial charge is 0.299 e. The lowest BCUT2D eigenvalue weighted by Gasteiger charge is -2.30. The van der Waals surface area contributed by atoms with Crippen LogP contribution in [-0.4, -0.2) is 48.1 Å². The monoisotopic (exact) mass is 208 g/mol. The first-order chi connectivity index (χ1) is 7.43. The topological polar surface area (TPSA) is 6.48 Å². The summed E-state index contributed by atoms with van der Waals surface area (Å²) in [6.45, 7) is 5.50. The van der Waals surface area contributed by atoms with Gasteiger partial charge in [0.05, 0.1) is 0 Å². The predicted octanol–water partition coefficient (Wildman–Crippen LogP) is 2.10. The molecule has 1 saturated carbocycles. The predicted molar refractivity (Wildman–Crippen MR) is 63.0 cm³/mol. The molecule has 2 heterocycles. The van der Waals surface area contributed by atoms with Crippen LogP contribution in [0, 0.1) is 0 Å². The molecule has 0 aromatic rings. The second-order valence-electron chi connectivity index (χ2n) is 5.62. The van der Waals surface area contributed by atoms with E-state index in [2.05, 4.69) is 9.80 Å². The molecule has 2 heteroatoms. The van der Waals surface area contributed by atoms with Gasteiger partial charge in [-0.15, -0.1) is 0 Å². The van der Waals surface area contributed by atoms with Crippen LogP contribution in [0.3, 0.4) is 0 Å². The quantitative estimate of drug-likeness (QED) is 0.651. The van der Waals surface area contributed by atoms with Gasteiger partial charge in [0.1, 0.15) is 0 Å². The molecule has 86 valence electrons. The zero-order valence-electron chi connectivity index (χ0n) is 9.83. The summed E-state index contributed by atoms with van der Waals surface area (Å²) in [7, 11) is 0. The Bertz CT molecular complexity index is 211. The van der Waals surface area contributed by atoms with E-state index in [-0.39, 0.29) is 0 Å². The summed E-state index contributed by atoms with van der Waals surface area (Å²) in [6.07, 6.45) is 10.2. The summed E-state index contributed by atoms with van der Waals surface area (Å²) in [6, 6.07) is 1.86. The van der Waals surface area contributed by atoms with Crippen molar-refractivity contribution in [3.05, 3.63) is 0 Å². The van der Waals surface area contributed by atoms with Gasteiger partial charge < -0.3 is 0 Å². The molecule has 1 atom stereocenters. The highest BCUT2D eigenvalue weighted by molar-refractivity contribution is 4.88. The Morgan fingerprint density at radius 3 is 2.13 bits per heavy atom. The number of hydrogen-bond acceptors (Lipinski definition) is 2. The van der Waals surface area contributed by atoms with Crippen LogP contribution in [0.4, 0.5) is 0 Å². The number of fused-ring (bicyclic) bond motifs is 1. The minimum absolute atomic E-state index is 0.910. The van der Waals surface area contributed by atoms with Crippen LogP contribution >= 0.6 is 0 Å². The summed E-state index contributed by atoms with van der Waals surface area (Å²) in [5.41, 5.74) is 0. The van der Waals surface area contributed by atoms with Crippen LogP contribution < -0.4 is 0 Å². The van der Waals surface area contributed by atoms with Gasteiger partial charge >= 0.3 is 0 Å². The summed E-state index contributed by atoms with van der Waals surface area (Å²) in [5, 5.41) is 0. The highest BCUT2D eigenvalue weighted by Gasteiger charge is 2.32. The Morgan fingerprint density at radius 1 is 0.600 bits per heavy atom. The highest BCUT2D eigenvalue weighted by atomic mass is 15.3. The van der Waals surface area contributed by atoms with Crippen molar-refractivity contribution in [2.75, 3.05) is 26.2 Å². The van der Waals surface area contributed by atoms with Gasteiger partial charge in [-0.1, -0.05) is 12.8 Å². The summed E-state index contributed by atoms with van der Waals surface area (Å²) in [4.78, 5) is 5.57. The van der Waals surface area contributed by atoms with Crippen molar-refractivity contribution in [3.8, 4) is 0 Å². The van der Waals surface area contributed by atoms with E-state index in [0.29, 0.717) is 0 Å². The van der Waals surface area contributed by atoms with Crippen molar-refractivity contribution in [1.29, 1.82) is 0 Å². The maximum Gasteiger partial charge on any atom is 0.0223 e. The van der Waals surface area contributed by atoms with Crippen LogP contribution in [0.2, 0.25) is 0 Å². The molecule has 0 spiro atoms. The first-order valence-corrected chi connectivity index (χ1v) is 6.91. The van der Waals surface area contributed by atoms with Crippen LogP contribution in [0.15, 0.2) is 0 Å². The molecule has 0 radical (unpaired) electrons. The molecule has 0 amide bonds. The molecule has 1 aliphatic carbocycles. The lowest BCUT2D eigenvalue weighted by atomic mass is 10.1. The third-order valence-electron chi connectivity index (χ3n) is 4.68. The van der Waals surface area contributed by atoms with E-state index < -0.39 is 0 Å². The van der Waals surface area contributed by atoms with Crippen molar-refractivity contribution in [1.82, 2.24) is 9.80 Å². The lowest BCUT2D eigenvalue weighted by molar-refractivity contribution is 0.174. The van der Waals surface area contributed by atoms with E-state index in [0.717, 1.165) is 12.1 Å². The van der Waals surface area contributed by atoms with E-state index in [1.165, 1.54) is 71.1 Å². The first kappa shape index (κ1) is 10.1. The Morgan fingerprint density at radius 2 is 1.27 bits per heavy atom. The summed E-state index contributed by atoms with van der Waals surface area (Å²) < 4.78 is 0. The van der Waals surface area contributed by atoms with Crippen molar-refractivity contribution >= 4 is 0 Å². The molecule has 0 aromatic carbocycles. The Kier molecular flexibility index (Phi) is 2.98. The maximum absolute atomic E-state index is 2.82. The summed E-state index contributed by atoms with van der Waals surface area (Å²) >= 11 is 0. The Hall–Kier alpha value is -0.0800. The molecule has 2 nitrogen and oxygen atoms in total. The van der Waals surface area contributed by atoms with E-state index in [4.69, 9.17) is 0 Å². The minimum atomic E-state index is 0.910. The molecule has 3 fully saturated rings. The molecular weight excluding hydrogens is 184 g/mol. The van der Waals surface area contributed by atoms with E-state index in [9.17, 15) is 0 Å². The Balaban J connectivity index is 1.64. The molecule has 3 aliphatic rings. The van der Waals surface area contributed by atoms with Crippen LogP contribution in [0.1, 0.15) is 44.9 Å². The van der Waals surface area contributed by atoms with Gasteiger partial charge in [0.15, 0.2) is 0 Å². The fraction of sp³-hybridized carbons (Fsp3) is 1.00. The molecule has 3 rings (SSSR count). The van der Waals surface area contributed by atoms with E-state index in [1.807, 2.05) is 0 Å². The third-order valence-corrected chi connectivity index (χ3v) is 4.68. The lowest BCUT2D eigenvalue weighted by Crippen LogP contribution is -2.40. The average molecular weight is 208 g/mol. The normalized spacial score (nSPS) is 35.6. The number of hydrogen-bond donors (Lipinski definition) is 0. The molecular formula is C13H24N2. The van der Waals surface area contributed by atoms with Gasteiger partial charge in [0.25, 0.3) is 0 Å². The van der Waals surface area contributed by atoms with E-state index >= 15 is 0 Å². The second kappa shape index (κ2) is 4.42. The van der Waals surface area contributed by atoms with Crippen molar-refractivity contribution in [2.24, 2.45) is 0 Å². The Labute approximate surface area is 93.6 Å². The molecule has 2 saturated heterocycles. The minimum Gasteiger partial charge on any atom is -0.299 e. The smallest absolute Gasteiger partial charge is 0.0223 e. The number of rotatable bonds is 1. The fourth-order valence-corrected chi connectivity index (χ4v) is 3.84. The molecule has 0 N–H and O–H groups in total. The molecule has 15 heavy (non-hydrogen) atoms. The van der Waals surface area contributed by atoms with Gasteiger partial charge in [-0.3, -0.25) is 9.80 Å². The van der Waals surface area contributed by atoms with Crippen molar-refractivity contribution < 1.29 is 0 Å². The average Bonchev–Trinajstić information content (AvgIpc) is 2.86. The zero-order chi connectivity index (χ0) is 10.1. The van der Waals surface area contributed by atoms with Crippen LogP contribution in [-0.2, 0) is 0 Å². The first-order valence-electron chi connectivity index (χ1n) is 6.91. The third kappa shape index (κ3) is 2.07. The highest BCUT2D eigenvalue weighted by Crippen LogP contribution is 2.28.